The molecule has 1 aliphatic rings. The van der Waals surface area contributed by atoms with E-state index in [2.05, 4.69) is 21.5 Å². The minimum Gasteiger partial charge on any atom is -0.436 e. The molecule has 1 aliphatic heterocycles. The van der Waals surface area contributed by atoms with Gasteiger partial charge in [0.1, 0.15) is 5.75 Å². The highest BCUT2D eigenvalue weighted by atomic mass is 16.5. The van der Waals surface area contributed by atoms with Crippen molar-refractivity contribution in [3.05, 3.63) is 84.3 Å². The number of piperidine rings is 1. The average Bonchev–Trinajstić information content (AvgIpc) is 3.31. The Kier molecular flexibility index (Phi) is 7.39. The average molecular weight is 460 g/mol. The molecule has 0 bridgehead atoms. The van der Waals surface area contributed by atoms with E-state index in [1.807, 2.05) is 29.2 Å². The van der Waals surface area contributed by atoms with Gasteiger partial charge in [-0.05, 0) is 61.6 Å². The van der Waals surface area contributed by atoms with Crippen LogP contribution in [0.1, 0.15) is 35.4 Å². The third-order valence-corrected chi connectivity index (χ3v) is 5.85. The Morgan fingerprint density at radius 1 is 1.29 bits per heavy atom. The zero-order chi connectivity index (χ0) is 23.9. The van der Waals surface area contributed by atoms with Gasteiger partial charge in [-0.3, -0.25) is 4.79 Å². The zero-order valence-electron chi connectivity index (χ0n) is 19.0. The molecule has 1 atom stereocenters. The Bertz CT molecular complexity index is 1180. The van der Waals surface area contributed by atoms with Gasteiger partial charge in [-0.1, -0.05) is 24.8 Å². The largest absolute Gasteiger partial charge is 0.436 e. The van der Waals surface area contributed by atoms with Crippen molar-refractivity contribution in [2.24, 2.45) is 16.6 Å². The van der Waals surface area contributed by atoms with Crippen LogP contribution in [0.15, 0.2) is 77.9 Å². The van der Waals surface area contributed by atoms with E-state index in [0.29, 0.717) is 23.1 Å². The van der Waals surface area contributed by atoms with Gasteiger partial charge in [0.2, 0.25) is 5.78 Å². The molecule has 8 nitrogen and oxygen atoms in total. The molecule has 0 amide bonds. The minimum atomic E-state index is -0.203. The first-order chi connectivity index (χ1) is 16.6. The summed E-state index contributed by atoms with van der Waals surface area (Å²) in [6.07, 6.45) is 5.88. The number of carbonyl (C=O) groups excluding carboxylic acids is 1. The number of H-pyrrole nitrogens is 1. The van der Waals surface area contributed by atoms with Crippen molar-refractivity contribution in [1.29, 1.82) is 0 Å². The number of benzene rings is 2. The van der Waals surface area contributed by atoms with Crippen LogP contribution in [0.4, 0.5) is 0 Å². The van der Waals surface area contributed by atoms with E-state index in [0.717, 1.165) is 43.4 Å². The summed E-state index contributed by atoms with van der Waals surface area (Å²) in [6.45, 7) is 5.38. The van der Waals surface area contributed by atoms with Gasteiger partial charge in [0.15, 0.2) is 11.6 Å². The number of carbonyl (C=O) groups is 1. The van der Waals surface area contributed by atoms with Gasteiger partial charge >= 0.3 is 0 Å². The molecule has 0 aliphatic carbocycles. The number of likely N-dealkylation sites (tertiary alicyclic amines) is 1. The molecule has 1 saturated heterocycles. The summed E-state index contributed by atoms with van der Waals surface area (Å²) in [5, 5.41) is 9.28. The van der Waals surface area contributed by atoms with Gasteiger partial charge in [0, 0.05) is 31.5 Å². The van der Waals surface area contributed by atoms with Crippen molar-refractivity contribution in [3.63, 3.8) is 0 Å². The lowest BCUT2D eigenvalue weighted by Gasteiger charge is -2.34. The first kappa shape index (κ1) is 23.3. The van der Waals surface area contributed by atoms with E-state index in [1.54, 1.807) is 30.3 Å². The van der Waals surface area contributed by atoms with Gasteiger partial charge < -0.3 is 25.5 Å². The molecule has 8 heteroatoms. The van der Waals surface area contributed by atoms with Crippen molar-refractivity contribution in [1.82, 2.24) is 14.9 Å². The van der Waals surface area contributed by atoms with Crippen molar-refractivity contribution in [2.75, 3.05) is 19.7 Å². The molecule has 1 aromatic heterocycles. The number of ketones is 1. The number of allylic oxidation sites excluding steroid dienone is 1. The molecule has 0 saturated carbocycles. The molecular formula is C26H29N5O3. The first-order valence-electron chi connectivity index (χ1n) is 11.4. The minimum absolute atomic E-state index is 0.166. The van der Waals surface area contributed by atoms with Crippen LogP contribution in [0.5, 0.6) is 5.75 Å². The maximum Gasteiger partial charge on any atom is 0.260 e. The van der Waals surface area contributed by atoms with E-state index in [-0.39, 0.29) is 24.1 Å². The number of nitrogens with zero attached hydrogens (tertiary/aromatic N) is 3. The Morgan fingerprint density at radius 2 is 2.09 bits per heavy atom. The molecular weight excluding hydrogens is 430 g/mol. The summed E-state index contributed by atoms with van der Waals surface area (Å²) in [6, 6.07) is 14.3. The van der Waals surface area contributed by atoms with Gasteiger partial charge in [-0.15, -0.1) is 0 Å². The number of para-hydroxylation sites is 2. The third kappa shape index (κ3) is 5.35. The monoisotopic (exact) mass is 459 g/mol. The number of hydrogen-bond acceptors (Lipinski definition) is 7. The number of aromatic nitrogens is 2. The van der Waals surface area contributed by atoms with Crippen LogP contribution in [0.2, 0.25) is 0 Å². The SMILES string of the molecule is C=C/C=N\C(Oc1ccc(C(=O)c2nc3ccccc3[nH]2)cc1)=C(/N)N1CCC[C@@H](CCO)C1. The van der Waals surface area contributed by atoms with Crippen molar-refractivity contribution < 1.29 is 14.6 Å². The Hall–Kier alpha value is -3.91. The molecule has 2 aromatic carbocycles. The predicted octanol–water partition coefficient (Wildman–Crippen LogP) is 3.61. The predicted molar refractivity (Wildman–Crippen MR) is 132 cm³/mol. The normalized spacial score (nSPS) is 17.1. The second-order valence-corrected chi connectivity index (χ2v) is 8.23. The summed E-state index contributed by atoms with van der Waals surface area (Å²) in [4.78, 5) is 26.7. The molecule has 0 radical (unpaired) electrons. The summed E-state index contributed by atoms with van der Waals surface area (Å²) in [7, 11) is 0. The van der Waals surface area contributed by atoms with Crippen molar-refractivity contribution in [3.8, 4) is 5.75 Å². The Labute approximate surface area is 198 Å². The number of aromatic amines is 1. The Morgan fingerprint density at radius 3 is 2.82 bits per heavy atom. The molecule has 1 fully saturated rings. The van der Waals surface area contributed by atoms with Crippen LogP contribution in [-0.2, 0) is 0 Å². The summed E-state index contributed by atoms with van der Waals surface area (Å²) >= 11 is 0. The molecule has 2 heterocycles. The summed E-state index contributed by atoms with van der Waals surface area (Å²) in [5.74, 6) is 1.67. The lowest BCUT2D eigenvalue weighted by atomic mass is 9.95. The highest BCUT2D eigenvalue weighted by molar-refractivity contribution is 6.08. The van der Waals surface area contributed by atoms with E-state index in [9.17, 15) is 9.90 Å². The van der Waals surface area contributed by atoms with Gasteiger partial charge in [0.25, 0.3) is 5.88 Å². The smallest absolute Gasteiger partial charge is 0.260 e. The van der Waals surface area contributed by atoms with Crippen LogP contribution in [0.25, 0.3) is 11.0 Å². The summed E-state index contributed by atoms with van der Waals surface area (Å²) in [5.41, 5.74) is 8.48. The topological polar surface area (TPSA) is 117 Å². The quantitative estimate of drug-likeness (QED) is 0.256. The maximum atomic E-state index is 12.9. The number of aliphatic hydroxyl groups is 1. The Balaban J connectivity index is 1.52. The maximum absolute atomic E-state index is 12.9. The van der Waals surface area contributed by atoms with E-state index >= 15 is 0 Å². The third-order valence-electron chi connectivity index (χ3n) is 5.85. The molecule has 0 spiro atoms. The molecule has 3 aromatic rings. The fourth-order valence-electron chi connectivity index (χ4n) is 4.09. The number of nitrogens with two attached hydrogens (primary N) is 1. The lowest BCUT2D eigenvalue weighted by molar-refractivity contribution is 0.103. The fraction of sp³-hybridized carbons (Fsp3) is 0.269. The van der Waals surface area contributed by atoms with Gasteiger partial charge in [0.05, 0.1) is 11.0 Å². The van der Waals surface area contributed by atoms with Crippen LogP contribution in [0, 0.1) is 5.92 Å². The number of aliphatic hydroxyl groups excluding tert-OH is 1. The highest BCUT2D eigenvalue weighted by Gasteiger charge is 2.23. The number of imidazole rings is 1. The van der Waals surface area contributed by atoms with Gasteiger partial charge in [-0.2, -0.15) is 0 Å². The molecule has 34 heavy (non-hydrogen) atoms. The number of ether oxygens (including phenoxy) is 1. The first-order valence-corrected chi connectivity index (χ1v) is 11.4. The van der Waals surface area contributed by atoms with Crippen LogP contribution in [0.3, 0.4) is 0 Å². The number of fused-ring (bicyclic) bond motifs is 1. The van der Waals surface area contributed by atoms with E-state index in [1.165, 1.54) is 6.21 Å². The molecule has 176 valence electrons. The summed E-state index contributed by atoms with van der Waals surface area (Å²) < 4.78 is 6.00. The van der Waals surface area contributed by atoms with E-state index < -0.39 is 0 Å². The number of nitrogens with one attached hydrogen (secondary N) is 1. The van der Waals surface area contributed by atoms with Crippen LogP contribution < -0.4 is 10.5 Å². The van der Waals surface area contributed by atoms with Crippen molar-refractivity contribution in [2.45, 2.75) is 19.3 Å². The number of rotatable bonds is 9. The van der Waals surface area contributed by atoms with E-state index in [4.69, 9.17) is 10.5 Å². The van der Waals surface area contributed by atoms with Crippen LogP contribution in [-0.4, -0.2) is 51.7 Å². The van der Waals surface area contributed by atoms with Gasteiger partial charge in [-0.25, -0.2) is 9.98 Å². The molecule has 4 rings (SSSR count). The van der Waals surface area contributed by atoms with Crippen molar-refractivity contribution >= 4 is 23.0 Å². The number of aliphatic imine (C=N–C) groups is 1. The highest BCUT2D eigenvalue weighted by Crippen LogP contribution is 2.24. The standard InChI is InChI=1S/C26H29N5O3/c1-2-14-28-26(24(27)31-15-5-6-18(17-31)13-16-32)34-20-11-9-19(10-12-20)23(33)25-29-21-7-3-4-8-22(21)30-25/h2-4,7-12,14,18,32H,1,5-6,13,15-17,27H2,(H,29,30)/b26-24-,28-14-/t18-/m0/s1. The molecule has 0 unspecified atom stereocenters. The van der Waals surface area contributed by atoms with Crippen LogP contribution >= 0.6 is 0 Å². The fourth-order valence-corrected chi connectivity index (χ4v) is 4.09. The lowest BCUT2D eigenvalue weighted by Crippen LogP contribution is -2.39. The second-order valence-electron chi connectivity index (χ2n) is 8.23. The molecule has 4 N–H and O–H groups in total. The zero-order valence-corrected chi connectivity index (χ0v) is 19.0. The second kappa shape index (κ2) is 10.8. The number of hydrogen-bond donors (Lipinski definition) is 3.